The van der Waals surface area contributed by atoms with E-state index in [0.29, 0.717) is 17.9 Å². The lowest BCUT2D eigenvalue weighted by Gasteiger charge is -2.35. The monoisotopic (exact) mass is 278 g/mol. The van der Waals surface area contributed by atoms with E-state index in [2.05, 4.69) is 15.2 Å². The van der Waals surface area contributed by atoms with Crippen molar-refractivity contribution in [1.29, 1.82) is 0 Å². The number of nitrogens with two attached hydrogens (primary N) is 1. The first-order valence-corrected chi connectivity index (χ1v) is 6.82. The fraction of sp³-hybridized carbons (Fsp3) is 0.571. The highest BCUT2D eigenvalue weighted by Gasteiger charge is 2.24. The molecule has 0 saturated carbocycles. The molecule has 1 saturated heterocycles. The molecule has 1 aromatic rings. The molecule has 1 amide bonds. The van der Waals surface area contributed by atoms with E-state index in [0.717, 1.165) is 31.0 Å². The largest absolute Gasteiger partial charge is 0.373 e. The average molecular weight is 278 g/mol. The van der Waals surface area contributed by atoms with Crippen molar-refractivity contribution in [2.75, 3.05) is 38.2 Å². The van der Waals surface area contributed by atoms with Gasteiger partial charge in [-0.05, 0) is 27.0 Å². The van der Waals surface area contributed by atoms with Crippen LogP contribution in [0.4, 0.5) is 5.69 Å². The number of likely N-dealkylation sites (N-methyl/N-ethyl adjacent to an activating group) is 1. The molecular weight excluding hydrogens is 256 g/mol. The molecule has 0 aromatic carbocycles. The maximum Gasteiger partial charge on any atom is 0.252 e. The van der Waals surface area contributed by atoms with Crippen LogP contribution in [0.2, 0.25) is 0 Å². The third kappa shape index (κ3) is 3.08. The van der Waals surface area contributed by atoms with Gasteiger partial charge in [0.25, 0.3) is 5.91 Å². The molecule has 1 aliphatic rings. The molecule has 20 heavy (non-hydrogen) atoms. The van der Waals surface area contributed by atoms with Crippen LogP contribution >= 0.6 is 0 Å². The number of primary amides is 1. The van der Waals surface area contributed by atoms with Crippen LogP contribution in [0.5, 0.6) is 0 Å². The number of carbonyl (C=O) groups excluding carboxylic acids is 1. The van der Waals surface area contributed by atoms with E-state index in [1.165, 1.54) is 0 Å². The van der Waals surface area contributed by atoms with Gasteiger partial charge < -0.3 is 20.7 Å². The average Bonchev–Trinajstić information content (AvgIpc) is 2.38. The number of aromatic nitrogens is 1. The number of ether oxygens (including phenoxy) is 1. The van der Waals surface area contributed by atoms with E-state index in [9.17, 15) is 4.79 Å². The molecule has 0 spiro atoms. The fourth-order valence-electron chi connectivity index (χ4n) is 2.65. The Morgan fingerprint density at radius 2 is 2.35 bits per heavy atom. The summed E-state index contributed by atoms with van der Waals surface area (Å²) in [5.41, 5.74) is 8.47. The zero-order chi connectivity index (χ0) is 14.7. The van der Waals surface area contributed by atoms with Crippen LogP contribution in [0.15, 0.2) is 6.07 Å². The Balaban J connectivity index is 2.33. The van der Waals surface area contributed by atoms with Gasteiger partial charge in [0.2, 0.25) is 0 Å². The van der Waals surface area contributed by atoms with Crippen LogP contribution < -0.4 is 16.0 Å². The van der Waals surface area contributed by atoms with Crippen LogP contribution in [0.3, 0.4) is 0 Å². The van der Waals surface area contributed by atoms with E-state index in [-0.39, 0.29) is 6.10 Å². The molecule has 1 aromatic heterocycles. The zero-order valence-electron chi connectivity index (χ0n) is 12.3. The molecule has 1 atom stereocenters. The molecule has 0 bridgehead atoms. The lowest BCUT2D eigenvalue weighted by atomic mass is 10.1. The fourth-order valence-corrected chi connectivity index (χ4v) is 2.65. The quantitative estimate of drug-likeness (QED) is 0.823. The van der Waals surface area contributed by atoms with E-state index in [4.69, 9.17) is 10.5 Å². The van der Waals surface area contributed by atoms with Crippen molar-refractivity contribution in [3.63, 3.8) is 0 Å². The number of rotatable bonds is 4. The van der Waals surface area contributed by atoms with Gasteiger partial charge in [-0.2, -0.15) is 0 Å². The first kappa shape index (κ1) is 14.7. The summed E-state index contributed by atoms with van der Waals surface area (Å²) in [7, 11) is 1.90. The van der Waals surface area contributed by atoms with Crippen LogP contribution in [0.25, 0.3) is 0 Å². The highest BCUT2D eigenvalue weighted by molar-refractivity contribution is 5.99. The van der Waals surface area contributed by atoms with Crippen LogP contribution in [0, 0.1) is 13.8 Å². The van der Waals surface area contributed by atoms with Crippen molar-refractivity contribution in [3.8, 4) is 0 Å². The Bertz CT molecular complexity index is 502. The smallest absolute Gasteiger partial charge is 0.252 e. The van der Waals surface area contributed by atoms with Crippen molar-refractivity contribution >= 4 is 11.6 Å². The third-order valence-corrected chi connectivity index (χ3v) is 3.47. The molecule has 6 nitrogen and oxygen atoms in total. The first-order chi connectivity index (χ1) is 9.52. The minimum Gasteiger partial charge on any atom is -0.373 e. The maximum atomic E-state index is 11.7. The summed E-state index contributed by atoms with van der Waals surface area (Å²) in [6.45, 7) is 6.67. The molecule has 0 aliphatic carbocycles. The maximum absolute atomic E-state index is 11.7. The van der Waals surface area contributed by atoms with Gasteiger partial charge in [-0.25, -0.2) is 0 Å². The predicted molar refractivity (Wildman–Crippen MR) is 78.1 cm³/mol. The first-order valence-electron chi connectivity index (χ1n) is 6.82. The van der Waals surface area contributed by atoms with Crippen molar-refractivity contribution in [2.45, 2.75) is 20.0 Å². The summed E-state index contributed by atoms with van der Waals surface area (Å²) >= 11 is 0. The molecule has 6 heteroatoms. The molecule has 1 aliphatic heterocycles. The van der Waals surface area contributed by atoms with Gasteiger partial charge in [-0.3, -0.25) is 9.78 Å². The number of hydrogen-bond donors (Lipinski definition) is 2. The van der Waals surface area contributed by atoms with Crippen molar-refractivity contribution in [3.05, 3.63) is 23.0 Å². The summed E-state index contributed by atoms with van der Waals surface area (Å²) in [6.07, 6.45) is 0.114. The number of anilines is 1. The Hall–Kier alpha value is -1.66. The molecule has 2 rings (SSSR count). The topological polar surface area (TPSA) is 80.5 Å². The number of pyridine rings is 1. The van der Waals surface area contributed by atoms with Crippen molar-refractivity contribution in [2.24, 2.45) is 5.73 Å². The number of nitrogens with zero attached hydrogens (tertiary/aromatic N) is 2. The minimum atomic E-state index is -0.429. The van der Waals surface area contributed by atoms with Gasteiger partial charge in [-0.1, -0.05) is 0 Å². The SMILES string of the molecule is CNCC1CN(c2cc(C)nc(C)c2C(N)=O)CCO1. The number of carbonyl (C=O) groups is 1. The summed E-state index contributed by atoms with van der Waals surface area (Å²) in [4.78, 5) is 18.2. The van der Waals surface area contributed by atoms with Gasteiger partial charge in [0.1, 0.15) is 0 Å². The van der Waals surface area contributed by atoms with Crippen LogP contribution in [-0.2, 0) is 4.74 Å². The van der Waals surface area contributed by atoms with Gasteiger partial charge in [-0.15, -0.1) is 0 Å². The Morgan fingerprint density at radius 3 is 3.00 bits per heavy atom. The molecule has 1 unspecified atom stereocenters. The van der Waals surface area contributed by atoms with E-state index < -0.39 is 5.91 Å². The van der Waals surface area contributed by atoms with E-state index >= 15 is 0 Å². The Morgan fingerprint density at radius 1 is 1.60 bits per heavy atom. The summed E-state index contributed by atoms with van der Waals surface area (Å²) in [5.74, 6) is -0.429. The van der Waals surface area contributed by atoms with Gasteiger partial charge >= 0.3 is 0 Å². The molecule has 1 fully saturated rings. The predicted octanol–water partition coefficient (Wildman–Crippen LogP) is 0.222. The third-order valence-electron chi connectivity index (χ3n) is 3.47. The Labute approximate surface area is 119 Å². The minimum absolute atomic E-state index is 0.114. The lowest BCUT2D eigenvalue weighted by molar-refractivity contribution is 0.0420. The number of nitrogens with one attached hydrogen (secondary N) is 1. The van der Waals surface area contributed by atoms with Gasteiger partial charge in [0.05, 0.1) is 29.7 Å². The zero-order valence-corrected chi connectivity index (χ0v) is 12.3. The van der Waals surface area contributed by atoms with Gasteiger partial charge in [0, 0.05) is 25.3 Å². The standard InChI is InChI=1S/C14H22N4O2/c1-9-6-12(13(14(15)19)10(2)17-9)18-4-5-20-11(8-18)7-16-3/h6,11,16H,4-5,7-8H2,1-3H3,(H2,15,19). The summed E-state index contributed by atoms with van der Waals surface area (Å²) in [6, 6.07) is 1.93. The van der Waals surface area contributed by atoms with E-state index in [1.807, 2.05) is 27.0 Å². The molecule has 2 heterocycles. The summed E-state index contributed by atoms with van der Waals surface area (Å²) < 4.78 is 5.69. The normalized spacial score (nSPS) is 19.1. The van der Waals surface area contributed by atoms with Crippen molar-refractivity contribution < 1.29 is 9.53 Å². The van der Waals surface area contributed by atoms with Crippen LogP contribution in [-0.4, -0.2) is 50.3 Å². The van der Waals surface area contributed by atoms with Crippen molar-refractivity contribution in [1.82, 2.24) is 10.3 Å². The second-order valence-electron chi connectivity index (χ2n) is 5.10. The number of aryl methyl sites for hydroxylation is 2. The lowest BCUT2D eigenvalue weighted by Crippen LogP contribution is -2.47. The van der Waals surface area contributed by atoms with Crippen LogP contribution in [0.1, 0.15) is 21.7 Å². The molecule has 0 radical (unpaired) electrons. The highest BCUT2D eigenvalue weighted by atomic mass is 16.5. The number of hydrogen-bond acceptors (Lipinski definition) is 5. The second-order valence-corrected chi connectivity index (χ2v) is 5.10. The molecule has 110 valence electrons. The number of morpholine rings is 1. The highest BCUT2D eigenvalue weighted by Crippen LogP contribution is 2.25. The molecule has 3 N–H and O–H groups in total. The van der Waals surface area contributed by atoms with Gasteiger partial charge in [0.15, 0.2) is 0 Å². The second kappa shape index (κ2) is 6.19. The molecular formula is C14H22N4O2. The number of amides is 1. The van der Waals surface area contributed by atoms with E-state index in [1.54, 1.807) is 0 Å². The summed E-state index contributed by atoms with van der Waals surface area (Å²) in [5, 5.41) is 3.11. The Kier molecular flexibility index (Phi) is 4.57.